The minimum absolute atomic E-state index is 0.135. The van der Waals surface area contributed by atoms with Crippen LogP contribution >= 0.6 is 0 Å². The van der Waals surface area contributed by atoms with E-state index in [0.717, 1.165) is 12.1 Å². The molecule has 0 radical (unpaired) electrons. The molecule has 0 spiro atoms. The number of alkyl halides is 3. The average Bonchev–Trinajstić information content (AvgIpc) is 2.53. The molecular formula is C17H12F3N3O. The van der Waals surface area contributed by atoms with Gasteiger partial charge in [-0.2, -0.15) is 18.4 Å². The van der Waals surface area contributed by atoms with Crippen LogP contribution < -0.4 is 5.32 Å². The van der Waals surface area contributed by atoms with Crippen molar-refractivity contribution in [3.05, 3.63) is 59.4 Å². The van der Waals surface area contributed by atoms with E-state index in [9.17, 15) is 23.2 Å². The first-order valence-electron chi connectivity index (χ1n) is 6.82. The normalized spacial score (nSPS) is 11.7. The lowest BCUT2D eigenvalue weighted by Crippen LogP contribution is -2.05. The minimum atomic E-state index is -4.47. The molecule has 0 atom stereocenters. The second-order valence-electron chi connectivity index (χ2n) is 4.90. The smallest absolute Gasteiger partial charge is 0.326 e. The topological polar surface area (TPSA) is 65.8 Å². The summed E-state index contributed by atoms with van der Waals surface area (Å²) in [4.78, 5) is 14.7. The molecule has 4 nitrogen and oxygen atoms in total. The van der Waals surface area contributed by atoms with E-state index in [2.05, 4.69) is 10.3 Å². The molecule has 2 aromatic rings. The maximum atomic E-state index is 12.5. The van der Waals surface area contributed by atoms with Crippen molar-refractivity contribution in [2.24, 2.45) is 0 Å². The fraction of sp³-hybridized carbons (Fsp3) is 0.118. The number of carbonyl (C=O) groups excluding carboxylic acids is 1. The molecule has 1 amide bonds. The molecular weight excluding hydrogens is 319 g/mol. The number of hydrogen-bond acceptors (Lipinski definition) is 3. The third-order valence-electron chi connectivity index (χ3n) is 3.03. The molecule has 7 heteroatoms. The van der Waals surface area contributed by atoms with Crippen molar-refractivity contribution >= 4 is 23.2 Å². The number of pyridine rings is 1. The van der Waals surface area contributed by atoms with E-state index < -0.39 is 11.7 Å². The van der Waals surface area contributed by atoms with Crippen molar-refractivity contribution in [2.75, 3.05) is 5.32 Å². The van der Waals surface area contributed by atoms with Gasteiger partial charge in [0, 0.05) is 18.8 Å². The molecule has 2 rings (SSSR count). The van der Waals surface area contributed by atoms with Crippen LogP contribution in [0.3, 0.4) is 0 Å². The molecule has 0 bridgehead atoms. The lowest BCUT2D eigenvalue weighted by Gasteiger charge is -2.06. The van der Waals surface area contributed by atoms with Gasteiger partial charge in [0.15, 0.2) is 0 Å². The molecule has 1 aromatic carbocycles. The number of aromatic nitrogens is 1. The van der Waals surface area contributed by atoms with Crippen LogP contribution in [0.25, 0.3) is 11.6 Å². The van der Waals surface area contributed by atoms with Crippen LogP contribution in [0.4, 0.5) is 18.9 Å². The predicted octanol–water partition coefficient (Wildman–Crippen LogP) is 4.12. The molecule has 0 aliphatic carbocycles. The summed E-state index contributed by atoms with van der Waals surface area (Å²) in [5.74, 6) is -0.204. The Labute approximate surface area is 136 Å². The molecule has 0 aliphatic rings. The zero-order valence-corrected chi connectivity index (χ0v) is 12.6. The van der Waals surface area contributed by atoms with Crippen LogP contribution in [0.5, 0.6) is 0 Å². The number of allylic oxidation sites excluding steroid dienone is 1. The molecule has 122 valence electrons. The van der Waals surface area contributed by atoms with E-state index in [1.54, 1.807) is 24.3 Å². The van der Waals surface area contributed by atoms with Crippen molar-refractivity contribution in [1.82, 2.24) is 4.98 Å². The maximum absolute atomic E-state index is 12.5. The first kappa shape index (κ1) is 17.2. The summed E-state index contributed by atoms with van der Waals surface area (Å²) in [6, 6.07) is 10.6. The summed E-state index contributed by atoms with van der Waals surface area (Å²) in [5.41, 5.74) is 0.670. The first-order valence-corrected chi connectivity index (χ1v) is 6.82. The highest BCUT2D eigenvalue weighted by molar-refractivity contribution is 5.90. The van der Waals surface area contributed by atoms with Crippen LogP contribution in [0.2, 0.25) is 0 Å². The Hall–Kier alpha value is -3.14. The number of rotatable bonds is 3. The van der Waals surface area contributed by atoms with Gasteiger partial charge >= 0.3 is 6.18 Å². The molecule has 0 aliphatic heterocycles. The Morgan fingerprint density at radius 2 is 1.88 bits per heavy atom. The van der Waals surface area contributed by atoms with Gasteiger partial charge in [0.2, 0.25) is 5.91 Å². The van der Waals surface area contributed by atoms with Crippen molar-refractivity contribution < 1.29 is 18.0 Å². The second-order valence-corrected chi connectivity index (χ2v) is 4.90. The van der Waals surface area contributed by atoms with E-state index >= 15 is 0 Å². The fourth-order valence-corrected chi connectivity index (χ4v) is 1.92. The van der Waals surface area contributed by atoms with E-state index in [1.807, 2.05) is 6.07 Å². The van der Waals surface area contributed by atoms with Crippen molar-refractivity contribution in [3.63, 3.8) is 0 Å². The predicted molar refractivity (Wildman–Crippen MR) is 83.5 cm³/mol. The lowest BCUT2D eigenvalue weighted by atomic mass is 10.1. The van der Waals surface area contributed by atoms with Gasteiger partial charge in [-0.15, -0.1) is 0 Å². The third-order valence-corrected chi connectivity index (χ3v) is 3.03. The van der Waals surface area contributed by atoms with E-state index in [0.29, 0.717) is 17.4 Å². The van der Waals surface area contributed by atoms with Gasteiger partial charge < -0.3 is 5.32 Å². The van der Waals surface area contributed by atoms with Crippen LogP contribution in [-0.2, 0) is 11.0 Å². The van der Waals surface area contributed by atoms with Crippen LogP contribution in [0.15, 0.2) is 42.6 Å². The molecule has 1 N–H and O–H groups in total. The minimum Gasteiger partial charge on any atom is -0.326 e. The lowest BCUT2D eigenvalue weighted by molar-refractivity contribution is -0.137. The Bertz CT molecular complexity index is 801. The quantitative estimate of drug-likeness (QED) is 0.860. The van der Waals surface area contributed by atoms with Crippen molar-refractivity contribution in [1.29, 1.82) is 5.26 Å². The molecule has 1 aromatic heterocycles. The van der Waals surface area contributed by atoms with E-state index in [1.165, 1.54) is 13.0 Å². The second kappa shape index (κ2) is 6.96. The average molecular weight is 331 g/mol. The number of halogens is 3. The van der Waals surface area contributed by atoms with Gasteiger partial charge in [0.25, 0.3) is 0 Å². The van der Waals surface area contributed by atoms with Gasteiger partial charge in [-0.05, 0) is 35.9 Å². The van der Waals surface area contributed by atoms with E-state index in [4.69, 9.17) is 0 Å². The number of benzene rings is 1. The monoisotopic (exact) mass is 331 g/mol. The third kappa shape index (κ3) is 4.43. The van der Waals surface area contributed by atoms with Gasteiger partial charge in [-0.1, -0.05) is 12.1 Å². The zero-order chi connectivity index (χ0) is 17.7. The number of nitriles is 1. The maximum Gasteiger partial charge on any atom is 0.417 e. The van der Waals surface area contributed by atoms with Gasteiger partial charge in [-0.3, -0.25) is 9.78 Å². The zero-order valence-electron chi connectivity index (χ0n) is 12.6. The summed E-state index contributed by atoms with van der Waals surface area (Å²) in [6.07, 6.45) is -2.27. The molecule has 0 unspecified atom stereocenters. The van der Waals surface area contributed by atoms with Crippen LogP contribution in [-0.4, -0.2) is 10.9 Å². The van der Waals surface area contributed by atoms with Crippen LogP contribution in [0.1, 0.15) is 23.7 Å². The molecule has 1 heterocycles. The Balaban J connectivity index is 2.26. The molecule has 24 heavy (non-hydrogen) atoms. The van der Waals surface area contributed by atoms with E-state index in [-0.39, 0.29) is 17.2 Å². The summed E-state index contributed by atoms with van der Waals surface area (Å²) in [5, 5.41) is 11.8. The SMILES string of the molecule is CC(=O)Nc1ccc(C=C(C#N)c2ccc(C(F)(F)F)cn2)cc1. The number of nitrogens with zero attached hydrogens (tertiary/aromatic N) is 2. The highest BCUT2D eigenvalue weighted by Crippen LogP contribution is 2.29. The van der Waals surface area contributed by atoms with Gasteiger partial charge in [-0.25, -0.2) is 0 Å². The highest BCUT2D eigenvalue weighted by atomic mass is 19.4. The molecule has 0 fully saturated rings. The number of carbonyl (C=O) groups is 1. The number of nitrogens with one attached hydrogen (secondary N) is 1. The number of anilines is 1. The Morgan fingerprint density at radius 3 is 2.33 bits per heavy atom. The van der Waals surface area contributed by atoms with Gasteiger partial charge in [0.1, 0.15) is 6.07 Å². The number of amides is 1. The Morgan fingerprint density at radius 1 is 1.21 bits per heavy atom. The summed E-state index contributed by atoms with van der Waals surface area (Å²) < 4.78 is 37.6. The van der Waals surface area contributed by atoms with Crippen molar-refractivity contribution in [2.45, 2.75) is 13.1 Å². The summed E-state index contributed by atoms with van der Waals surface area (Å²) in [7, 11) is 0. The summed E-state index contributed by atoms with van der Waals surface area (Å²) in [6.45, 7) is 1.39. The summed E-state index contributed by atoms with van der Waals surface area (Å²) >= 11 is 0. The molecule has 0 saturated heterocycles. The number of hydrogen-bond donors (Lipinski definition) is 1. The first-order chi connectivity index (χ1) is 11.3. The Kier molecular flexibility index (Phi) is 4.99. The van der Waals surface area contributed by atoms with Gasteiger partial charge in [0.05, 0.1) is 16.8 Å². The largest absolute Gasteiger partial charge is 0.417 e. The highest BCUT2D eigenvalue weighted by Gasteiger charge is 2.30. The van der Waals surface area contributed by atoms with Crippen molar-refractivity contribution in [3.8, 4) is 6.07 Å². The van der Waals surface area contributed by atoms with Crippen LogP contribution in [0, 0.1) is 11.3 Å². The fourth-order valence-electron chi connectivity index (χ4n) is 1.92. The standard InChI is InChI=1S/C17H12F3N3O/c1-11(24)23-15-5-2-12(3-6-15)8-13(9-21)16-7-4-14(10-22-16)17(18,19)20/h2-8,10H,1H3,(H,23,24). The molecule has 0 saturated carbocycles.